The van der Waals surface area contributed by atoms with Crippen LogP contribution >= 0.6 is 0 Å². The molecule has 1 rings (SSSR count). The average Bonchev–Trinajstić information content (AvgIpc) is 2.31. The van der Waals surface area contributed by atoms with Crippen molar-refractivity contribution in [3.8, 4) is 0 Å². The largest absolute Gasteiger partial charge is 0.479 e. The molecule has 0 aromatic carbocycles. The van der Waals surface area contributed by atoms with Gasteiger partial charge in [0.2, 0.25) is 0 Å². The van der Waals surface area contributed by atoms with Crippen molar-refractivity contribution in [3.63, 3.8) is 0 Å². The first-order chi connectivity index (χ1) is 8.34. The second-order valence-corrected chi connectivity index (χ2v) is 3.70. The second-order valence-electron chi connectivity index (χ2n) is 3.70. The number of rotatable bonds is 4. The summed E-state index contributed by atoms with van der Waals surface area (Å²) >= 11 is 0. The number of aromatic nitrogens is 2. The predicted octanol–water partition coefficient (Wildman–Crippen LogP) is -1.44. The van der Waals surface area contributed by atoms with Crippen LogP contribution in [0.1, 0.15) is 21.6 Å². The molecular weight excluding hydrogens is 242 g/mol. The smallest absolute Gasteiger partial charge is 0.334 e. The van der Waals surface area contributed by atoms with Crippen LogP contribution in [0, 0.1) is 13.8 Å². The van der Waals surface area contributed by atoms with E-state index < -0.39 is 30.1 Å². The van der Waals surface area contributed by atoms with Crippen LogP contribution in [-0.4, -0.2) is 44.9 Å². The topological polar surface area (TPSA) is 132 Å². The lowest BCUT2D eigenvalue weighted by Crippen LogP contribution is -2.39. The van der Waals surface area contributed by atoms with Gasteiger partial charge in [0.05, 0.1) is 12.2 Å². The SMILES string of the molecule is Cc1n[nH]c(=O)c(C(=O)NCC(O)C(=O)O)c1C. The van der Waals surface area contributed by atoms with Gasteiger partial charge < -0.3 is 15.5 Å². The van der Waals surface area contributed by atoms with Crippen molar-refractivity contribution < 1.29 is 19.8 Å². The van der Waals surface area contributed by atoms with Gasteiger partial charge in [-0.15, -0.1) is 0 Å². The summed E-state index contributed by atoms with van der Waals surface area (Å²) in [6.07, 6.45) is -1.71. The fraction of sp³-hybridized carbons (Fsp3) is 0.400. The number of carboxylic acids is 1. The lowest BCUT2D eigenvalue weighted by Gasteiger charge is -2.09. The number of nitrogens with one attached hydrogen (secondary N) is 2. The van der Waals surface area contributed by atoms with Crippen LogP contribution in [0.2, 0.25) is 0 Å². The first kappa shape index (κ1) is 13.8. The highest BCUT2D eigenvalue weighted by molar-refractivity contribution is 5.95. The van der Waals surface area contributed by atoms with E-state index in [0.29, 0.717) is 11.3 Å². The van der Waals surface area contributed by atoms with Gasteiger partial charge in [-0.1, -0.05) is 0 Å². The maximum Gasteiger partial charge on any atom is 0.334 e. The Labute approximate surface area is 102 Å². The number of carbonyl (C=O) groups excluding carboxylic acids is 1. The summed E-state index contributed by atoms with van der Waals surface area (Å²) in [6.45, 7) is 2.70. The number of amides is 1. The van der Waals surface area contributed by atoms with Gasteiger partial charge in [-0.3, -0.25) is 9.59 Å². The number of aryl methyl sites for hydroxylation is 1. The highest BCUT2D eigenvalue weighted by Gasteiger charge is 2.19. The minimum atomic E-state index is -1.71. The summed E-state index contributed by atoms with van der Waals surface area (Å²) in [7, 11) is 0. The zero-order valence-electron chi connectivity index (χ0n) is 9.85. The third-order valence-electron chi connectivity index (χ3n) is 2.44. The summed E-state index contributed by atoms with van der Waals surface area (Å²) < 4.78 is 0. The third-order valence-corrected chi connectivity index (χ3v) is 2.44. The number of carboxylic acid groups (broad SMARTS) is 1. The molecule has 1 unspecified atom stereocenters. The van der Waals surface area contributed by atoms with Gasteiger partial charge in [0.1, 0.15) is 5.56 Å². The van der Waals surface area contributed by atoms with E-state index in [-0.39, 0.29) is 5.56 Å². The van der Waals surface area contributed by atoms with E-state index in [0.717, 1.165) is 0 Å². The van der Waals surface area contributed by atoms with Crippen molar-refractivity contribution in [2.75, 3.05) is 6.54 Å². The molecule has 0 aliphatic rings. The lowest BCUT2D eigenvalue weighted by atomic mass is 10.1. The number of aromatic amines is 1. The summed E-state index contributed by atoms with van der Waals surface area (Å²) in [4.78, 5) is 33.5. The van der Waals surface area contributed by atoms with Crippen LogP contribution in [0.15, 0.2) is 4.79 Å². The molecule has 0 bridgehead atoms. The molecule has 18 heavy (non-hydrogen) atoms. The molecule has 1 amide bonds. The maximum absolute atomic E-state index is 11.7. The Morgan fingerprint density at radius 1 is 1.44 bits per heavy atom. The second kappa shape index (κ2) is 5.41. The molecule has 0 aliphatic carbocycles. The fourth-order valence-electron chi connectivity index (χ4n) is 1.26. The van der Waals surface area contributed by atoms with E-state index >= 15 is 0 Å². The van der Waals surface area contributed by atoms with Crippen LogP contribution in [-0.2, 0) is 4.79 Å². The predicted molar refractivity (Wildman–Crippen MR) is 60.3 cm³/mol. The Kier molecular flexibility index (Phi) is 4.16. The monoisotopic (exact) mass is 255 g/mol. The molecule has 1 aromatic rings. The number of hydrogen-bond donors (Lipinski definition) is 4. The van der Waals surface area contributed by atoms with Gasteiger partial charge in [0.15, 0.2) is 6.10 Å². The highest BCUT2D eigenvalue weighted by atomic mass is 16.4. The quantitative estimate of drug-likeness (QED) is 0.521. The lowest BCUT2D eigenvalue weighted by molar-refractivity contribution is -0.146. The number of carbonyl (C=O) groups is 2. The number of H-pyrrole nitrogens is 1. The molecule has 0 saturated carbocycles. The normalized spacial score (nSPS) is 11.9. The number of aliphatic hydroxyl groups is 1. The number of nitrogens with zero attached hydrogens (tertiary/aromatic N) is 1. The highest BCUT2D eigenvalue weighted by Crippen LogP contribution is 2.04. The van der Waals surface area contributed by atoms with Crippen LogP contribution in [0.4, 0.5) is 0 Å². The van der Waals surface area contributed by atoms with Crippen LogP contribution < -0.4 is 10.9 Å². The van der Waals surface area contributed by atoms with Gasteiger partial charge in [-0.05, 0) is 19.4 Å². The van der Waals surface area contributed by atoms with E-state index in [1.54, 1.807) is 13.8 Å². The van der Waals surface area contributed by atoms with Crippen LogP contribution in [0.5, 0.6) is 0 Å². The Balaban J connectivity index is 2.89. The molecule has 1 aromatic heterocycles. The van der Waals surface area contributed by atoms with Crippen LogP contribution in [0.25, 0.3) is 0 Å². The van der Waals surface area contributed by atoms with Crippen molar-refractivity contribution in [2.24, 2.45) is 0 Å². The molecule has 0 saturated heterocycles. The van der Waals surface area contributed by atoms with Gasteiger partial charge in [0, 0.05) is 0 Å². The summed E-state index contributed by atoms with van der Waals surface area (Å²) in [5.74, 6) is -2.20. The third kappa shape index (κ3) is 2.92. The number of aliphatic carboxylic acids is 1. The Morgan fingerprint density at radius 3 is 2.61 bits per heavy atom. The molecule has 8 nitrogen and oxygen atoms in total. The molecular formula is C10H13N3O5. The Morgan fingerprint density at radius 2 is 2.06 bits per heavy atom. The molecule has 4 N–H and O–H groups in total. The average molecular weight is 255 g/mol. The minimum absolute atomic E-state index is 0.139. The molecule has 0 aliphatic heterocycles. The number of hydrogen-bond acceptors (Lipinski definition) is 5. The number of aliphatic hydroxyl groups excluding tert-OH is 1. The van der Waals surface area contributed by atoms with Crippen molar-refractivity contribution in [1.82, 2.24) is 15.5 Å². The molecule has 1 heterocycles. The standard InChI is InChI=1S/C10H13N3O5/c1-4-5(2)12-13-9(16)7(4)8(15)11-3-6(14)10(17)18/h6,14H,3H2,1-2H3,(H,11,15)(H,13,16)(H,17,18). The summed E-state index contributed by atoms with van der Waals surface area (Å²) in [6, 6.07) is 0. The molecule has 8 heteroatoms. The minimum Gasteiger partial charge on any atom is -0.479 e. The van der Waals surface area contributed by atoms with Gasteiger partial charge in [0.25, 0.3) is 11.5 Å². The zero-order chi connectivity index (χ0) is 13.9. The molecule has 98 valence electrons. The summed E-state index contributed by atoms with van der Waals surface area (Å²) in [5.41, 5.74) is 0.0834. The van der Waals surface area contributed by atoms with E-state index in [4.69, 9.17) is 10.2 Å². The molecule has 1 atom stereocenters. The molecule has 0 fully saturated rings. The van der Waals surface area contributed by atoms with Crippen molar-refractivity contribution in [1.29, 1.82) is 0 Å². The van der Waals surface area contributed by atoms with Crippen molar-refractivity contribution in [2.45, 2.75) is 20.0 Å². The zero-order valence-corrected chi connectivity index (χ0v) is 9.85. The first-order valence-corrected chi connectivity index (χ1v) is 5.09. The Bertz CT molecular complexity index is 537. The van der Waals surface area contributed by atoms with Gasteiger partial charge in [-0.2, -0.15) is 5.10 Å². The van der Waals surface area contributed by atoms with Crippen LogP contribution in [0.3, 0.4) is 0 Å². The van der Waals surface area contributed by atoms with E-state index in [9.17, 15) is 14.4 Å². The van der Waals surface area contributed by atoms with E-state index in [2.05, 4.69) is 15.5 Å². The van der Waals surface area contributed by atoms with E-state index in [1.807, 2.05) is 0 Å². The molecule has 0 radical (unpaired) electrons. The van der Waals surface area contributed by atoms with Gasteiger partial charge >= 0.3 is 5.97 Å². The van der Waals surface area contributed by atoms with E-state index in [1.165, 1.54) is 0 Å². The van der Waals surface area contributed by atoms with Crippen molar-refractivity contribution in [3.05, 3.63) is 27.2 Å². The van der Waals surface area contributed by atoms with Gasteiger partial charge in [-0.25, -0.2) is 9.89 Å². The maximum atomic E-state index is 11.7. The fourth-order valence-corrected chi connectivity index (χ4v) is 1.26. The van der Waals surface area contributed by atoms with Crippen molar-refractivity contribution >= 4 is 11.9 Å². The molecule has 0 spiro atoms. The summed E-state index contributed by atoms with van der Waals surface area (Å²) in [5, 5.41) is 25.5. The first-order valence-electron chi connectivity index (χ1n) is 5.09. The Hall–Kier alpha value is -2.22.